The van der Waals surface area contributed by atoms with Crippen molar-refractivity contribution in [3.8, 4) is 0 Å². The van der Waals surface area contributed by atoms with E-state index in [1.807, 2.05) is 0 Å². The SMILES string of the molecule is C=Cc1cc(Cl)c2c(=O)n(CC)c(=O)[nH]c2c1. The largest absolute Gasteiger partial charge is 0.328 e. The molecule has 5 heteroatoms. The smallest absolute Gasteiger partial charge is 0.307 e. The topological polar surface area (TPSA) is 54.9 Å². The minimum Gasteiger partial charge on any atom is -0.307 e. The highest BCUT2D eigenvalue weighted by Crippen LogP contribution is 2.21. The van der Waals surface area contributed by atoms with Crippen molar-refractivity contribution in [2.45, 2.75) is 13.5 Å². The van der Waals surface area contributed by atoms with Gasteiger partial charge in [0, 0.05) is 6.54 Å². The molecule has 0 radical (unpaired) electrons. The molecule has 0 aliphatic heterocycles. The number of rotatable bonds is 2. The summed E-state index contributed by atoms with van der Waals surface area (Å²) in [4.78, 5) is 26.3. The van der Waals surface area contributed by atoms with E-state index < -0.39 is 5.69 Å². The molecule has 0 unspecified atom stereocenters. The molecule has 2 aromatic rings. The maximum atomic E-state index is 12.0. The van der Waals surface area contributed by atoms with Crippen LogP contribution < -0.4 is 11.2 Å². The van der Waals surface area contributed by atoms with E-state index in [0.29, 0.717) is 22.5 Å². The maximum Gasteiger partial charge on any atom is 0.328 e. The predicted octanol–water partition coefficient (Wildman–Crippen LogP) is 2.01. The third-order valence-electron chi connectivity index (χ3n) is 2.61. The lowest BCUT2D eigenvalue weighted by Gasteiger charge is -2.05. The summed E-state index contributed by atoms with van der Waals surface area (Å²) in [5, 5.41) is 0.652. The molecule has 0 saturated heterocycles. The molecule has 0 fully saturated rings. The number of aromatic nitrogens is 2. The summed E-state index contributed by atoms with van der Waals surface area (Å²) >= 11 is 6.04. The molecule has 0 saturated carbocycles. The second kappa shape index (κ2) is 4.22. The molecule has 2 rings (SSSR count). The van der Waals surface area contributed by atoms with Gasteiger partial charge in [-0.2, -0.15) is 0 Å². The van der Waals surface area contributed by atoms with Gasteiger partial charge >= 0.3 is 5.69 Å². The summed E-state index contributed by atoms with van der Waals surface area (Å²) < 4.78 is 1.11. The highest BCUT2D eigenvalue weighted by atomic mass is 35.5. The average molecular weight is 251 g/mol. The third kappa shape index (κ3) is 1.80. The van der Waals surface area contributed by atoms with Crippen LogP contribution in [-0.2, 0) is 6.54 Å². The van der Waals surface area contributed by atoms with Crippen molar-refractivity contribution < 1.29 is 0 Å². The van der Waals surface area contributed by atoms with Gasteiger partial charge < -0.3 is 4.98 Å². The molecule has 1 heterocycles. The van der Waals surface area contributed by atoms with Crippen LogP contribution in [0.5, 0.6) is 0 Å². The Labute approximate surface area is 102 Å². The number of H-pyrrole nitrogens is 1. The van der Waals surface area contributed by atoms with Crippen LogP contribution >= 0.6 is 11.6 Å². The van der Waals surface area contributed by atoms with E-state index in [0.717, 1.165) is 10.1 Å². The van der Waals surface area contributed by atoms with Crippen LogP contribution in [0.1, 0.15) is 12.5 Å². The van der Waals surface area contributed by atoms with Gasteiger partial charge in [-0.3, -0.25) is 9.36 Å². The Hall–Kier alpha value is -1.81. The fourth-order valence-electron chi connectivity index (χ4n) is 1.76. The predicted molar refractivity (Wildman–Crippen MR) is 69.6 cm³/mol. The third-order valence-corrected chi connectivity index (χ3v) is 2.91. The molecule has 0 atom stereocenters. The van der Waals surface area contributed by atoms with Crippen LogP contribution in [0, 0.1) is 0 Å². The van der Waals surface area contributed by atoms with Gasteiger partial charge in [-0.15, -0.1) is 0 Å². The Balaban J connectivity index is 3.02. The number of hydrogen-bond donors (Lipinski definition) is 1. The molecular weight excluding hydrogens is 240 g/mol. The second-order valence-electron chi connectivity index (χ2n) is 3.61. The Morgan fingerprint density at radius 3 is 2.76 bits per heavy atom. The monoisotopic (exact) mass is 250 g/mol. The molecule has 0 spiro atoms. The Morgan fingerprint density at radius 1 is 1.47 bits per heavy atom. The first-order valence-corrected chi connectivity index (χ1v) is 5.55. The fourth-order valence-corrected chi connectivity index (χ4v) is 2.07. The number of nitrogens with one attached hydrogen (secondary N) is 1. The molecule has 1 N–H and O–H groups in total. The van der Waals surface area contributed by atoms with Gasteiger partial charge in [-0.05, 0) is 24.6 Å². The van der Waals surface area contributed by atoms with Crippen molar-refractivity contribution in [3.05, 3.63) is 50.1 Å². The number of hydrogen-bond acceptors (Lipinski definition) is 2. The van der Waals surface area contributed by atoms with Gasteiger partial charge in [0.2, 0.25) is 0 Å². The van der Waals surface area contributed by atoms with Crippen molar-refractivity contribution in [2.75, 3.05) is 0 Å². The summed E-state index contributed by atoms with van der Waals surface area (Å²) in [6.07, 6.45) is 1.61. The van der Waals surface area contributed by atoms with Crippen molar-refractivity contribution in [1.82, 2.24) is 9.55 Å². The van der Waals surface area contributed by atoms with Crippen molar-refractivity contribution in [3.63, 3.8) is 0 Å². The van der Waals surface area contributed by atoms with E-state index in [1.165, 1.54) is 0 Å². The van der Waals surface area contributed by atoms with Crippen LogP contribution in [0.15, 0.2) is 28.3 Å². The summed E-state index contributed by atoms with van der Waals surface area (Å²) in [5.74, 6) is 0. The van der Waals surface area contributed by atoms with Gasteiger partial charge in [0.15, 0.2) is 0 Å². The standard InChI is InChI=1S/C12H11ClN2O2/c1-3-7-5-8(13)10-9(6-7)14-12(17)15(4-2)11(10)16/h3,5-6H,1,4H2,2H3,(H,14,17). The van der Waals surface area contributed by atoms with Gasteiger partial charge in [-0.25, -0.2) is 4.79 Å². The molecule has 0 bridgehead atoms. The summed E-state index contributed by atoms with van der Waals surface area (Å²) in [6.45, 7) is 5.66. The molecule has 0 aliphatic carbocycles. The van der Waals surface area contributed by atoms with Crippen molar-refractivity contribution in [2.24, 2.45) is 0 Å². The highest BCUT2D eigenvalue weighted by Gasteiger charge is 2.10. The van der Waals surface area contributed by atoms with Crippen LogP contribution in [0.25, 0.3) is 17.0 Å². The maximum absolute atomic E-state index is 12.0. The van der Waals surface area contributed by atoms with Crippen molar-refractivity contribution >= 4 is 28.6 Å². The van der Waals surface area contributed by atoms with Crippen LogP contribution in [0.3, 0.4) is 0 Å². The van der Waals surface area contributed by atoms with Crippen LogP contribution in [0.2, 0.25) is 5.02 Å². The Kier molecular flexibility index (Phi) is 2.90. The number of benzene rings is 1. The quantitative estimate of drug-likeness (QED) is 0.886. The molecular formula is C12H11ClN2O2. The van der Waals surface area contributed by atoms with Gasteiger partial charge in [0.1, 0.15) is 0 Å². The van der Waals surface area contributed by atoms with Gasteiger partial charge in [-0.1, -0.05) is 24.3 Å². The van der Waals surface area contributed by atoms with E-state index in [4.69, 9.17) is 11.6 Å². The van der Waals surface area contributed by atoms with E-state index >= 15 is 0 Å². The van der Waals surface area contributed by atoms with Gasteiger partial charge in [0.05, 0.1) is 15.9 Å². The zero-order valence-electron chi connectivity index (χ0n) is 9.29. The first kappa shape index (κ1) is 11.7. The zero-order valence-corrected chi connectivity index (χ0v) is 10.0. The second-order valence-corrected chi connectivity index (χ2v) is 4.02. The average Bonchev–Trinajstić information content (AvgIpc) is 2.28. The molecule has 88 valence electrons. The van der Waals surface area contributed by atoms with Crippen LogP contribution in [-0.4, -0.2) is 9.55 Å². The number of nitrogens with zero attached hydrogens (tertiary/aromatic N) is 1. The van der Waals surface area contributed by atoms with Gasteiger partial charge in [0.25, 0.3) is 5.56 Å². The molecule has 1 aromatic heterocycles. The number of halogens is 1. The number of aromatic amines is 1. The lowest BCUT2D eigenvalue weighted by atomic mass is 10.1. The first-order valence-electron chi connectivity index (χ1n) is 5.17. The summed E-state index contributed by atoms with van der Waals surface area (Å²) in [7, 11) is 0. The molecule has 1 aromatic carbocycles. The van der Waals surface area contributed by atoms with E-state index in [9.17, 15) is 9.59 Å². The fraction of sp³-hybridized carbons (Fsp3) is 0.167. The summed E-state index contributed by atoms with van der Waals surface area (Å²) in [5.41, 5.74) is 0.396. The van der Waals surface area contributed by atoms with Crippen molar-refractivity contribution in [1.29, 1.82) is 0 Å². The van der Waals surface area contributed by atoms with E-state index in [-0.39, 0.29) is 5.56 Å². The Bertz CT molecular complexity index is 713. The first-order chi connectivity index (χ1) is 8.08. The minimum absolute atomic E-state index is 0.309. The lowest BCUT2D eigenvalue weighted by molar-refractivity contribution is 0.684. The van der Waals surface area contributed by atoms with E-state index in [2.05, 4.69) is 11.6 Å². The van der Waals surface area contributed by atoms with Crippen LogP contribution in [0.4, 0.5) is 0 Å². The molecule has 0 amide bonds. The normalized spacial score (nSPS) is 10.7. The molecule has 17 heavy (non-hydrogen) atoms. The lowest BCUT2D eigenvalue weighted by Crippen LogP contribution is -2.34. The molecule has 4 nitrogen and oxygen atoms in total. The minimum atomic E-state index is -0.428. The summed E-state index contributed by atoms with van der Waals surface area (Å²) in [6, 6.07) is 3.33. The zero-order chi connectivity index (χ0) is 12.6. The Morgan fingerprint density at radius 2 is 2.18 bits per heavy atom. The van der Waals surface area contributed by atoms with E-state index in [1.54, 1.807) is 25.1 Å². The number of fused-ring (bicyclic) bond motifs is 1. The highest BCUT2D eigenvalue weighted by molar-refractivity contribution is 6.35. The molecule has 0 aliphatic rings.